The molecule has 3 aliphatic carbocycles. The third-order valence-electron chi connectivity index (χ3n) is 6.09. The lowest BCUT2D eigenvalue weighted by atomic mass is 9.55. The van der Waals surface area contributed by atoms with Crippen molar-refractivity contribution in [2.45, 2.75) is 44.6 Å². The molecule has 2 nitrogen and oxygen atoms in total. The number of aromatic hydroxyl groups is 1. The van der Waals surface area contributed by atoms with Crippen molar-refractivity contribution in [2.24, 2.45) is 17.3 Å². The highest BCUT2D eigenvalue weighted by Crippen LogP contribution is 2.60. The van der Waals surface area contributed by atoms with E-state index in [4.69, 9.17) is 0 Å². The Balaban J connectivity index is 1.77. The van der Waals surface area contributed by atoms with Gasteiger partial charge in [-0.05, 0) is 72.1 Å². The Labute approximate surface area is 120 Å². The summed E-state index contributed by atoms with van der Waals surface area (Å²) in [7, 11) is 0. The third-order valence-corrected chi connectivity index (χ3v) is 6.09. The minimum absolute atomic E-state index is 0.268. The number of phenols is 1. The zero-order valence-electron chi connectivity index (χ0n) is 11.9. The van der Waals surface area contributed by atoms with Gasteiger partial charge in [0.2, 0.25) is 0 Å². The van der Waals surface area contributed by atoms with Crippen LogP contribution in [0.4, 0.5) is 0 Å². The Morgan fingerprint density at radius 3 is 2.95 bits per heavy atom. The molecule has 1 aromatic rings. The molecular formula is C18H22O2. The number of aliphatic hydroxyl groups is 1. The van der Waals surface area contributed by atoms with Crippen molar-refractivity contribution in [1.82, 2.24) is 0 Å². The van der Waals surface area contributed by atoms with Gasteiger partial charge in [0.05, 0.1) is 6.10 Å². The molecule has 5 atom stereocenters. The van der Waals surface area contributed by atoms with E-state index in [-0.39, 0.29) is 5.75 Å². The van der Waals surface area contributed by atoms with Gasteiger partial charge in [-0.3, -0.25) is 0 Å². The van der Waals surface area contributed by atoms with Crippen LogP contribution in [0.3, 0.4) is 0 Å². The number of allylic oxidation sites excluding steroid dienone is 2. The predicted molar refractivity (Wildman–Crippen MR) is 78.5 cm³/mol. The number of benzene rings is 1. The van der Waals surface area contributed by atoms with Crippen LogP contribution >= 0.6 is 0 Å². The van der Waals surface area contributed by atoms with E-state index >= 15 is 0 Å². The van der Waals surface area contributed by atoms with Crippen LogP contribution in [0.5, 0.6) is 5.75 Å². The maximum absolute atomic E-state index is 10.5. The second kappa shape index (κ2) is 4.11. The van der Waals surface area contributed by atoms with Crippen LogP contribution in [0, 0.1) is 17.3 Å². The van der Waals surface area contributed by atoms with Crippen molar-refractivity contribution in [2.75, 3.05) is 0 Å². The van der Waals surface area contributed by atoms with Crippen LogP contribution < -0.4 is 0 Å². The maximum Gasteiger partial charge on any atom is 0.115 e. The molecule has 0 aromatic heterocycles. The SMILES string of the molecule is C[C@@]12C=CCC1C1C[C@@H](O)c3cc(O)ccc3C1CC2. The van der Waals surface area contributed by atoms with Crippen LogP contribution in [-0.2, 0) is 0 Å². The summed E-state index contributed by atoms with van der Waals surface area (Å²) in [5.74, 6) is 2.09. The number of phenolic OH excluding ortho intramolecular Hbond substituents is 1. The quantitative estimate of drug-likeness (QED) is 0.702. The molecule has 2 N–H and O–H groups in total. The number of fused-ring (bicyclic) bond motifs is 5. The van der Waals surface area contributed by atoms with E-state index in [9.17, 15) is 10.2 Å². The molecule has 1 aromatic carbocycles. The van der Waals surface area contributed by atoms with Crippen molar-refractivity contribution in [3.05, 3.63) is 41.5 Å². The fourth-order valence-corrected chi connectivity index (χ4v) is 5.06. The summed E-state index contributed by atoms with van der Waals surface area (Å²) >= 11 is 0. The third kappa shape index (κ3) is 1.61. The summed E-state index contributed by atoms with van der Waals surface area (Å²) in [5, 5.41) is 20.2. The lowest BCUT2D eigenvalue weighted by Gasteiger charge is -2.49. The minimum atomic E-state index is -0.415. The smallest absolute Gasteiger partial charge is 0.115 e. The first-order valence-electron chi connectivity index (χ1n) is 7.77. The van der Waals surface area contributed by atoms with E-state index in [0.29, 0.717) is 23.2 Å². The average Bonchev–Trinajstić information content (AvgIpc) is 2.81. The van der Waals surface area contributed by atoms with Crippen molar-refractivity contribution in [3.63, 3.8) is 0 Å². The van der Waals surface area contributed by atoms with Crippen LogP contribution in [-0.4, -0.2) is 10.2 Å². The van der Waals surface area contributed by atoms with Gasteiger partial charge in [0, 0.05) is 0 Å². The van der Waals surface area contributed by atoms with E-state index in [1.807, 2.05) is 6.07 Å². The molecule has 3 unspecified atom stereocenters. The van der Waals surface area contributed by atoms with Crippen molar-refractivity contribution < 1.29 is 10.2 Å². The molecule has 0 aliphatic heterocycles. The van der Waals surface area contributed by atoms with E-state index in [2.05, 4.69) is 19.1 Å². The highest BCUT2D eigenvalue weighted by atomic mass is 16.3. The van der Waals surface area contributed by atoms with Gasteiger partial charge in [-0.25, -0.2) is 0 Å². The first-order chi connectivity index (χ1) is 9.58. The molecule has 4 rings (SSSR count). The molecule has 3 aliphatic rings. The van der Waals surface area contributed by atoms with Gasteiger partial charge < -0.3 is 10.2 Å². The summed E-state index contributed by atoms with van der Waals surface area (Å²) in [4.78, 5) is 0. The molecule has 106 valence electrons. The summed E-state index contributed by atoms with van der Waals surface area (Å²) in [6, 6.07) is 5.57. The predicted octanol–water partition coefficient (Wildman–Crippen LogP) is 3.91. The summed E-state index contributed by atoms with van der Waals surface area (Å²) in [5.41, 5.74) is 2.58. The number of rotatable bonds is 0. The number of hydrogen-bond donors (Lipinski definition) is 2. The summed E-state index contributed by atoms with van der Waals surface area (Å²) in [6.07, 6.45) is 8.79. The molecule has 1 saturated carbocycles. The van der Waals surface area contributed by atoms with Gasteiger partial charge in [-0.15, -0.1) is 0 Å². The van der Waals surface area contributed by atoms with Crippen molar-refractivity contribution >= 4 is 0 Å². The molecule has 1 fully saturated rings. The second-order valence-electron chi connectivity index (χ2n) is 7.12. The largest absolute Gasteiger partial charge is 0.508 e. The second-order valence-corrected chi connectivity index (χ2v) is 7.12. The Hall–Kier alpha value is -1.28. The van der Waals surface area contributed by atoms with Crippen LogP contribution in [0.2, 0.25) is 0 Å². The van der Waals surface area contributed by atoms with Crippen LogP contribution in [0.25, 0.3) is 0 Å². The molecule has 2 heteroatoms. The first-order valence-corrected chi connectivity index (χ1v) is 7.77. The number of aliphatic hydroxyl groups excluding tert-OH is 1. The number of hydrogen-bond acceptors (Lipinski definition) is 2. The van der Waals surface area contributed by atoms with Gasteiger partial charge in [0.1, 0.15) is 5.75 Å². The summed E-state index contributed by atoms with van der Waals surface area (Å²) < 4.78 is 0. The average molecular weight is 270 g/mol. The van der Waals surface area contributed by atoms with Gasteiger partial charge in [0.25, 0.3) is 0 Å². The fourth-order valence-electron chi connectivity index (χ4n) is 5.06. The Morgan fingerprint density at radius 1 is 1.25 bits per heavy atom. The Morgan fingerprint density at radius 2 is 2.10 bits per heavy atom. The molecular weight excluding hydrogens is 248 g/mol. The monoisotopic (exact) mass is 270 g/mol. The molecule has 0 spiro atoms. The van der Waals surface area contributed by atoms with Crippen molar-refractivity contribution in [3.8, 4) is 5.75 Å². The van der Waals surface area contributed by atoms with E-state index in [1.165, 1.54) is 18.4 Å². The van der Waals surface area contributed by atoms with Gasteiger partial charge in [0.15, 0.2) is 0 Å². The molecule has 0 saturated heterocycles. The normalized spacial score (nSPS) is 41.9. The zero-order chi connectivity index (χ0) is 13.9. The van der Waals surface area contributed by atoms with E-state index in [0.717, 1.165) is 18.4 Å². The first kappa shape index (κ1) is 12.5. The van der Waals surface area contributed by atoms with Gasteiger partial charge >= 0.3 is 0 Å². The minimum Gasteiger partial charge on any atom is -0.508 e. The summed E-state index contributed by atoms with van der Waals surface area (Å²) in [6.45, 7) is 2.39. The standard InChI is InChI=1S/C18H22O2/c1-18-7-2-3-16(18)14-10-17(20)15-9-11(19)4-5-12(15)13(14)6-8-18/h2,4-5,7,9,13-14,16-17,19-20H,3,6,8,10H2,1H3/t13?,14?,16?,17-,18+/m1/s1. The molecule has 0 amide bonds. The fraction of sp³-hybridized carbons (Fsp3) is 0.556. The van der Waals surface area contributed by atoms with E-state index < -0.39 is 6.10 Å². The van der Waals surface area contributed by atoms with Crippen molar-refractivity contribution in [1.29, 1.82) is 0 Å². The Kier molecular flexibility index (Phi) is 2.56. The zero-order valence-corrected chi connectivity index (χ0v) is 11.9. The van der Waals surface area contributed by atoms with E-state index in [1.54, 1.807) is 12.1 Å². The lowest BCUT2D eigenvalue weighted by Crippen LogP contribution is -2.40. The highest BCUT2D eigenvalue weighted by molar-refractivity contribution is 5.41. The maximum atomic E-state index is 10.5. The molecule has 0 heterocycles. The molecule has 20 heavy (non-hydrogen) atoms. The topological polar surface area (TPSA) is 40.5 Å². The van der Waals surface area contributed by atoms with Crippen LogP contribution in [0.15, 0.2) is 30.4 Å². The molecule has 0 radical (unpaired) electrons. The van der Waals surface area contributed by atoms with Gasteiger partial charge in [-0.2, -0.15) is 0 Å². The highest BCUT2D eigenvalue weighted by Gasteiger charge is 2.49. The Bertz CT molecular complexity index is 577. The lowest BCUT2D eigenvalue weighted by molar-refractivity contribution is 0.0311. The van der Waals surface area contributed by atoms with Crippen LogP contribution in [0.1, 0.15) is 55.8 Å². The molecule has 0 bridgehead atoms. The van der Waals surface area contributed by atoms with Gasteiger partial charge in [-0.1, -0.05) is 25.1 Å².